The third-order valence-electron chi connectivity index (χ3n) is 2.95. The summed E-state index contributed by atoms with van der Waals surface area (Å²) in [5.41, 5.74) is 0.932. The first-order valence-electron chi connectivity index (χ1n) is 7.00. The number of aliphatic hydroxyl groups is 1. The summed E-state index contributed by atoms with van der Waals surface area (Å²) in [6.45, 7) is 4.69. The molecule has 0 heterocycles. The van der Waals surface area contributed by atoms with E-state index in [1.165, 1.54) is 0 Å². The van der Waals surface area contributed by atoms with E-state index in [-0.39, 0.29) is 12.6 Å². The second kappa shape index (κ2) is 8.79. The normalized spacial score (nSPS) is 13.8. The van der Waals surface area contributed by atoms with E-state index in [0.717, 1.165) is 10.5 Å². The number of hydrogen-bond donors (Lipinski definition) is 3. The number of rotatable bonds is 7. The number of urea groups is 1. The lowest BCUT2D eigenvalue weighted by Crippen LogP contribution is -2.39. The summed E-state index contributed by atoms with van der Waals surface area (Å²) in [7, 11) is -0.991. The van der Waals surface area contributed by atoms with E-state index < -0.39 is 16.9 Å². The monoisotopic (exact) mass is 312 g/mol. The molecule has 2 amide bonds. The van der Waals surface area contributed by atoms with Crippen LogP contribution in [-0.4, -0.2) is 34.3 Å². The summed E-state index contributed by atoms with van der Waals surface area (Å²) in [6, 6.07) is 6.95. The number of nitrogens with one attached hydrogen (secondary N) is 2. The fourth-order valence-corrected chi connectivity index (χ4v) is 2.40. The molecule has 0 aliphatic rings. The van der Waals surface area contributed by atoms with Crippen molar-refractivity contribution in [2.75, 3.05) is 12.8 Å². The van der Waals surface area contributed by atoms with Gasteiger partial charge in [-0.05, 0) is 30.0 Å². The lowest BCUT2D eigenvalue weighted by molar-refractivity contribution is 0.147. The van der Waals surface area contributed by atoms with E-state index in [2.05, 4.69) is 10.6 Å². The Morgan fingerprint density at radius 3 is 2.38 bits per heavy atom. The van der Waals surface area contributed by atoms with Crippen LogP contribution in [0.3, 0.4) is 0 Å². The minimum absolute atomic E-state index is 0.248. The highest BCUT2D eigenvalue weighted by molar-refractivity contribution is 7.84. The first-order chi connectivity index (χ1) is 9.88. The maximum Gasteiger partial charge on any atom is 0.315 e. The Morgan fingerprint density at radius 1 is 1.24 bits per heavy atom. The minimum Gasteiger partial charge on any atom is -0.391 e. The van der Waals surface area contributed by atoms with Crippen molar-refractivity contribution in [1.29, 1.82) is 0 Å². The van der Waals surface area contributed by atoms with Crippen molar-refractivity contribution < 1.29 is 14.1 Å². The summed E-state index contributed by atoms with van der Waals surface area (Å²) in [6.07, 6.45) is 1.77. The number of benzene rings is 1. The molecule has 0 radical (unpaired) electrons. The van der Waals surface area contributed by atoms with E-state index in [1.807, 2.05) is 26.0 Å². The standard InChI is InChI=1S/C15H24N2O3S/c1-11(2)8-13(18)10-17-15(19)16-9-12-4-6-14(7-5-12)21(3)20/h4-7,11,13,18H,8-10H2,1-3H3,(H2,16,17,19). The van der Waals surface area contributed by atoms with Gasteiger partial charge in [-0.2, -0.15) is 0 Å². The van der Waals surface area contributed by atoms with Gasteiger partial charge in [-0.1, -0.05) is 26.0 Å². The van der Waals surface area contributed by atoms with Crippen LogP contribution < -0.4 is 10.6 Å². The number of aliphatic hydroxyl groups excluding tert-OH is 1. The highest BCUT2D eigenvalue weighted by atomic mass is 32.2. The van der Waals surface area contributed by atoms with E-state index in [4.69, 9.17) is 0 Å². The molecule has 3 N–H and O–H groups in total. The Balaban J connectivity index is 2.31. The second-order valence-electron chi connectivity index (χ2n) is 5.45. The summed E-state index contributed by atoms with van der Waals surface area (Å²) < 4.78 is 11.3. The quantitative estimate of drug-likeness (QED) is 0.716. The Bertz CT molecular complexity index is 474. The molecule has 1 aromatic rings. The molecule has 1 rings (SSSR count). The zero-order valence-corrected chi connectivity index (χ0v) is 13.6. The molecule has 118 valence electrons. The third-order valence-corrected chi connectivity index (χ3v) is 3.89. The molecule has 0 aliphatic heterocycles. The van der Waals surface area contributed by atoms with Crippen molar-refractivity contribution in [2.24, 2.45) is 5.92 Å². The SMILES string of the molecule is CC(C)CC(O)CNC(=O)NCc1ccc(S(C)=O)cc1. The molecule has 1 aromatic carbocycles. The molecule has 0 bridgehead atoms. The van der Waals surface area contributed by atoms with Crippen molar-refractivity contribution >= 4 is 16.8 Å². The maximum absolute atomic E-state index is 11.6. The summed E-state index contributed by atoms with van der Waals surface area (Å²) in [5.74, 6) is 0.396. The zero-order valence-electron chi connectivity index (χ0n) is 12.8. The number of carbonyl (C=O) groups is 1. The number of amides is 2. The molecule has 5 nitrogen and oxygen atoms in total. The van der Waals surface area contributed by atoms with Crippen molar-refractivity contribution in [1.82, 2.24) is 10.6 Å². The predicted molar refractivity (Wildman–Crippen MR) is 84.5 cm³/mol. The maximum atomic E-state index is 11.6. The summed E-state index contributed by atoms with van der Waals surface area (Å²) in [4.78, 5) is 12.4. The van der Waals surface area contributed by atoms with Crippen LogP contribution in [0.4, 0.5) is 4.79 Å². The molecule has 0 aromatic heterocycles. The van der Waals surface area contributed by atoms with Crippen LogP contribution in [0.1, 0.15) is 25.8 Å². The Labute approximate surface area is 128 Å². The van der Waals surface area contributed by atoms with Crippen molar-refractivity contribution in [2.45, 2.75) is 37.8 Å². The van der Waals surface area contributed by atoms with Crippen LogP contribution in [-0.2, 0) is 17.3 Å². The fourth-order valence-electron chi connectivity index (χ4n) is 1.88. The zero-order chi connectivity index (χ0) is 15.8. The molecular weight excluding hydrogens is 288 g/mol. The topological polar surface area (TPSA) is 78.4 Å². The van der Waals surface area contributed by atoms with Gasteiger partial charge in [0.2, 0.25) is 0 Å². The highest BCUT2D eigenvalue weighted by Crippen LogP contribution is 2.07. The fraction of sp³-hybridized carbons (Fsp3) is 0.533. The first-order valence-corrected chi connectivity index (χ1v) is 8.56. The van der Waals surface area contributed by atoms with Gasteiger partial charge in [0.05, 0.1) is 6.10 Å². The Kier molecular flexibility index (Phi) is 7.39. The third kappa shape index (κ3) is 7.24. The van der Waals surface area contributed by atoms with Crippen molar-refractivity contribution in [3.63, 3.8) is 0 Å². The van der Waals surface area contributed by atoms with E-state index in [0.29, 0.717) is 18.9 Å². The van der Waals surface area contributed by atoms with Crippen LogP contribution in [0.5, 0.6) is 0 Å². The largest absolute Gasteiger partial charge is 0.391 e. The molecule has 2 unspecified atom stereocenters. The molecule has 0 fully saturated rings. The summed E-state index contributed by atoms with van der Waals surface area (Å²) in [5, 5.41) is 15.0. The van der Waals surface area contributed by atoms with Gasteiger partial charge < -0.3 is 15.7 Å². The van der Waals surface area contributed by atoms with Crippen molar-refractivity contribution in [3.8, 4) is 0 Å². The van der Waals surface area contributed by atoms with Gasteiger partial charge in [0.1, 0.15) is 0 Å². The number of hydrogen-bond acceptors (Lipinski definition) is 3. The van der Waals surface area contributed by atoms with Gasteiger partial charge in [-0.15, -0.1) is 0 Å². The van der Waals surface area contributed by atoms with Crippen LogP contribution >= 0.6 is 0 Å². The minimum atomic E-state index is -0.991. The molecule has 0 saturated carbocycles. The Hall–Kier alpha value is -1.40. The van der Waals surface area contributed by atoms with E-state index in [1.54, 1.807) is 18.4 Å². The van der Waals surface area contributed by atoms with Gasteiger partial charge in [-0.25, -0.2) is 4.79 Å². The van der Waals surface area contributed by atoms with Gasteiger partial charge in [0, 0.05) is 35.0 Å². The lowest BCUT2D eigenvalue weighted by Gasteiger charge is -2.14. The molecular formula is C15H24N2O3S. The smallest absolute Gasteiger partial charge is 0.315 e. The predicted octanol–water partition coefficient (Wildman–Crippen LogP) is 1.63. The molecule has 2 atom stereocenters. The second-order valence-corrected chi connectivity index (χ2v) is 6.82. The van der Waals surface area contributed by atoms with Crippen LogP contribution in [0.15, 0.2) is 29.2 Å². The van der Waals surface area contributed by atoms with E-state index in [9.17, 15) is 14.1 Å². The molecule has 0 aliphatic carbocycles. The van der Waals surface area contributed by atoms with Gasteiger partial charge in [0.25, 0.3) is 0 Å². The van der Waals surface area contributed by atoms with Gasteiger partial charge >= 0.3 is 6.03 Å². The van der Waals surface area contributed by atoms with E-state index >= 15 is 0 Å². The first kappa shape index (κ1) is 17.7. The highest BCUT2D eigenvalue weighted by Gasteiger charge is 2.08. The van der Waals surface area contributed by atoms with Gasteiger partial charge in [0.15, 0.2) is 0 Å². The Morgan fingerprint density at radius 2 is 1.86 bits per heavy atom. The average Bonchev–Trinajstić information content (AvgIpc) is 2.42. The van der Waals surface area contributed by atoms with Crippen LogP contribution in [0, 0.1) is 5.92 Å². The van der Waals surface area contributed by atoms with Crippen LogP contribution in [0.2, 0.25) is 0 Å². The lowest BCUT2D eigenvalue weighted by atomic mass is 10.1. The molecule has 0 saturated heterocycles. The molecule has 6 heteroatoms. The molecule has 21 heavy (non-hydrogen) atoms. The average molecular weight is 312 g/mol. The van der Waals surface area contributed by atoms with Gasteiger partial charge in [-0.3, -0.25) is 4.21 Å². The van der Waals surface area contributed by atoms with Crippen molar-refractivity contribution in [3.05, 3.63) is 29.8 Å². The summed E-state index contributed by atoms with van der Waals surface area (Å²) >= 11 is 0. The molecule has 0 spiro atoms. The number of carbonyl (C=O) groups excluding carboxylic acids is 1. The van der Waals surface area contributed by atoms with Crippen LogP contribution in [0.25, 0.3) is 0 Å².